The Balaban J connectivity index is 1.32. The fraction of sp³-hybridized carbons (Fsp3) is 0.207. The number of aliphatic imine (C=N–C) groups is 1. The Kier molecular flexibility index (Phi) is 9.01. The highest BCUT2D eigenvalue weighted by molar-refractivity contribution is 8.15. The van der Waals surface area contributed by atoms with Crippen molar-refractivity contribution in [1.82, 2.24) is 14.8 Å². The lowest BCUT2D eigenvalue weighted by atomic mass is 10.0. The summed E-state index contributed by atoms with van der Waals surface area (Å²) in [6, 6.07) is 12.2. The van der Waals surface area contributed by atoms with Crippen molar-refractivity contribution in [3.8, 4) is 17.1 Å². The number of aryl methyl sites for hydroxylation is 1. The summed E-state index contributed by atoms with van der Waals surface area (Å²) in [6.07, 6.45) is 0.867. The standard InChI is InChI=1S/C29H24F4N6O5S2/c1-16-4-10-21(17(2)44-3)24(12-16)39-25(40)14-45-28(39)36-27(41)35-23-11-5-18(13-22(23)30)26-34-15-38(37-26)19-6-8-20(9-7-19)46(42,43)29(31,32)33/h4-13,15,17H,14H2,1-3H3,(H,35,41)/b36-28-. The first-order valence-corrected chi connectivity index (χ1v) is 15.8. The number of thioether (sulfide) groups is 1. The Labute approximate surface area is 264 Å². The van der Waals surface area contributed by atoms with Crippen LogP contribution in [0.1, 0.15) is 24.2 Å². The molecular weight excluding hydrogens is 652 g/mol. The van der Waals surface area contributed by atoms with Gasteiger partial charge in [0.25, 0.3) is 9.84 Å². The van der Waals surface area contributed by atoms with Crippen LogP contribution < -0.4 is 10.2 Å². The van der Waals surface area contributed by atoms with Gasteiger partial charge in [0, 0.05) is 18.2 Å². The number of carbonyl (C=O) groups is 2. The summed E-state index contributed by atoms with van der Waals surface area (Å²) in [4.78, 5) is 34.2. The first kappa shape index (κ1) is 32.8. The van der Waals surface area contributed by atoms with Gasteiger partial charge in [-0.1, -0.05) is 23.9 Å². The van der Waals surface area contributed by atoms with Crippen LogP contribution in [0.2, 0.25) is 0 Å². The molecule has 0 spiro atoms. The zero-order valence-corrected chi connectivity index (χ0v) is 25.9. The molecule has 5 rings (SSSR count). The molecule has 3 aromatic carbocycles. The Morgan fingerprint density at radius 1 is 1.11 bits per heavy atom. The van der Waals surface area contributed by atoms with Crippen LogP contribution in [-0.2, 0) is 19.4 Å². The van der Waals surface area contributed by atoms with Gasteiger partial charge < -0.3 is 10.1 Å². The maximum atomic E-state index is 15.1. The largest absolute Gasteiger partial charge is 0.501 e. The first-order valence-electron chi connectivity index (χ1n) is 13.3. The number of nitrogens with zero attached hydrogens (tertiary/aromatic N) is 5. The number of methoxy groups -OCH3 is 1. The number of aromatic nitrogens is 3. The monoisotopic (exact) mass is 676 g/mol. The lowest BCUT2D eigenvalue weighted by Gasteiger charge is -2.23. The van der Waals surface area contributed by atoms with E-state index in [4.69, 9.17) is 4.74 Å². The number of hydrogen-bond donors (Lipinski definition) is 1. The summed E-state index contributed by atoms with van der Waals surface area (Å²) < 4.78 is 83.3. The highest BCUT2D eigenvalue weighted by Crippen LogP contribution is 2.35. The summed E-state index contributed by atoms with van der Waals surface area (Å²) in [5.41, 5.74) is -3.10. The van der Waals surface area contributed by atoms with Crippen LogP contribution in [0.4, 0.5) is 33.7 Å². The van der Waals surface area contributed by atoms with Gasteiger partial charge in [0.1, 0.15) is 12.1 Å². The first-order chi connectivity index (χ1) is 21.7. The molecule has 46 heavy (non-hydrogen) atoms. The molecule has 2 heterocycles. The Bertz CT molecular complexity index is 1960. The molecule has 1 unspecified atom stereocenters. The van der Waals surface area contributed by atoms with Gasteiger partial charge >= 0.3 is 11.5 Å². The van der Waals surface area contributed by atoms with Crippen molar-refractivity contribution < 1.29 is 40.3 Å². The molecule has 0 bridgehead atoms. The Morgan fingerprint density at radius 2 is 1.83 bits per heavy atom. The topological polar surface area (TPSA) is 136 Å². The number of alkyl halides is 3. The smallest absolute Gasteiger partial charge is 0.377 e. The van der Waals surface area contributed by atoms with Gasteiger partial charge in [0.2, 0.25) is 5.91 Å². The van der Waals surface area contributed by atoms with E-state index in [1.54, 1.807) is 6.07 Å². The molecule has 1 aromatic heterocycles. The number of amidine groups is 1. The molecule has 11 nitrogen and oxygen atoms in total. The number of ether oxygens (including phenoxy) is 1. The second kappa shape index (κ2) is 12.6. The molecule has 1 saturated heterocycles. The number of nitrogens with one attached hydrogen (secondary N) is 1. The van der Waals surface area contributed by atoms with Crippen molar-refractivity contribution >= 4 is 50.1 Å². The molecule has 240 valence electrons. The third-order valence-electron chi connectivity index (χ3n) is 6.86. The molecule has 0 radical (unpaired) electrons. The normalized spacial score (nSPS) is 15.4. The van der Waals surface area contributed by atoms with E-state index in [0.29, 0.717) is 5.69 Å². The summed E-state index contributed by atoms with van der Waals surface area (Å²) in [7, 11) is -3.97. The van der Waals surface area contributed by atoms with Crippen LogP contribution in [0, 0.1) is 12.7 Å². The number of rotatable bonds is 7. The van der Waals surface area contributed by atoms with Gasteiger partial charge in [-0.05, 0) is 67.9 Å². The quantitative estimate of drug-likeness (QED) is 0.234. The molecule has 1 atom stereocenters. The van der Waals surface area contributed by atoms with Gasteiger partial charge in [-0.3, -0.25) is 9.69 Å². The van der Waals surface area contributed by atoms with E-state index < -0.39 is 32.1 Å². The lowest BCUT2D eigenvalue weighted by Crippen LogP contribution is -2.31. The number of sulfone groups is 1. The van der Waals surface area contributed by atoms with Crippen molar-refractivity contribution in [3.05, 3.63) is 83.9 Å². The highest BCUT2D eigenvalue weighted by atomic mass is 32.2. The van der Waals surface area contributed by atoms with Gasteiger partial charge in [0.05, 0.1) is 33.8 Å². The summed E-state index contributed by atoms with van der Waals surface area (Å²) >= 11 is 1.07. The van der Waals surface area contributed by atoms with Crippen LogP contribution in [0.25, 0.3) is 17.1 Å². The number of urea groups is 1. The number of hydrogen-bond acceptors (Lipinski definition) is 8. The maximum Gasteiger partial charge on any atom is 0.501 e. The predicted octanol–water partition coefficient (Wildman–Crippen LogP) is 6.05. The van der Waals surface area contributed by atoms with Crippen molar-refractivity contribution in [1.29, 1.82) is 0 Å². The van der Waals surface area contributed by atoms with E-state index in [9.17, 15) is 31.2 Å². The Hall–Kier alpha value is -4.61. The number of benzene rings is 3. The van der Waals surface area contributed by atoms with Crippen molar-refractivity contribution in [2.45, 2.75) is 30.4 Å². The third-order valence-corrected chi connectivity index (χ3v) is 9.28. The van der Waals surface area contributed by atoms with E-state index in [1.807, 2.05) is 26.0 Å². The van der Waals surface area contributed by atoms with Gasteiger partial charge in [0.15, 0.2) is 11.0 Å². The number of halogens is 4. The van der Waals surface area contributed by atoms with Gasteiger partial charge in [-0.2, -0.15) is 18.2 Å². The van der Waals surface area contributed by atoms with Gasteiger partial charge in [-0.25, -0.2) is 27.3 Å². The van der Waals surface area contributed by atoms with Crippen LogP contribution >= 0.6 is 11.8 Å². The van der Waals surface area contributed by atoms with Crippen molar-refractivity contribution in [2.24, 2.45) is 4.99 Å². The summed E-state index contributed by atoms with van der Waals surface area (Å²) in [5, 5.41) is 6.66. The minimum absolute atomic E-state index is 0.0414. The third kappa shape index (κ3) is 6.52. The second-order valence-electron chi connectivity index (χ2n) is 9.93. The molecule has 0 saturated carbocycles. The molecule has 1 N–H and O–H groups in total. The zero-order valence-electron chi connectivity index (χ0n) is 24.2. The lowest BCUT2D eigenvalue weighted by molar-refractivity contribution is -0.115. The zero-order chi connectivity index (χ0) is 33.4. The maximum absolute atomic E-state index is 15.1. The molecule has 3 amide bonds. The molecule has 0 aliphatic carbocycles. The van der Waals surface area contributed by atoms with Crippen LogP contribution in [-0.4, -0.2) is 58.7 Å². The highest BCUT2D eigenvalue weighted by Gasteiger charge is 2.46. The summed E-state index contributed by atoms with van der Waals surface area (Å²) in [6.45, 7) is 3.69. The fourth-order valence-corrected chi connectivity index (χ4v) is 6.04. The average Bonchev–Trinajstić information content (AvgIpc) is 3.64. The predicted molar refractivity (Wildman–Crippen MR) is 163 cm³/mol. The van der Waals surface area contributed by atoms with Crippen LogP contribution in [0.15, 0.2) is 76.9 Å². The van der Waals surface area contributed by atoms with E-state index in [2.05, 4.69) is 20.4 Å². The van der Waals surface area contributed by atoms with Crippen LogP contribution in [0.5, 0.6) is 0 Å². The molecule has 1 fully saturated rings. The van der Waals surface area contributed by atoms with E-state index >= 15 is 4.39 Å². The molecule has 17 heteroatoms. The minimum atomic E-state index is -5.51. The minimum Gasteiger partial charge on any atom is -0.377 e. The average molecular weight is 677 g/mol. The van der Waals surface area contributed by atoms with Crippen molar-refractivity contribution in [3.63, 3.8) is 0 Å². The fourth-order valence-electron chi connectivity index (χ4n) is 4.42. The molecule has 1 aliphatic rings. The SMILES string of the molecule is COC(C)c1ccc(C)cc1N1C(=O)CS/C1=N\C(=O)Nc1ccc(-c2ncn(-c3ccc(S(=O)(=O)C(F)(F)F)cc3)n2)cc1F. The molecular formula is C29H24F4N6O5S2. The van der Waals surface area contributed by atoms with Gasteiger partial charge in [-0.15, -0.1) is 5.10 Å². The van der Waals surface area contributed by atoms with E-state index in [-0.39, 0.29) is 45.7 Å². The van der Waals surface area contributed by atoms with E-state index in [1.165, 1.54) is 35.2 Å². The molecule has 1 aliphatic heterocycles. The second-order valence-corrected chi connectivity index (χ2v) is 12.8. The van der Waals surface area contributed by atoms with Crippen LogP contribution in [0.3, 0.4) is 0 Å². The van der Waals surface area contributed by atoms with Crippen molar-refractivity contribution in [2.75, 3.05) is 23.1 Å². The molecule has 4 aromatic rings. The number of carbonyl (C=O) groups excluding carboxylic acids is 2. The summed E-state index contributed by atoms with van der Waals surface area (Å²) in [5.74, 6) is -1.03. The number of anilines is 2. The van der Waals surface area contributed by atoms with E-state index in [0.717, 1.165) is 53.2 Å². The number of amides is 3. The Morgan fingerprint density at radius 3 is 2.48 bits per heavy atom.